The summed E-state index contributed by atoms with van der Waals surface area (Å²) in [4.78, 5) is 0. The minimum atomic E-state index is -0.352. The number of aliphatic hydroxyl groups is 1. The molecule has 0 bridgehead atoms. The van der Waals surface area contributed by atoms with E-state index in [2.05, 4.69) is 5.32 Å². The lowest BCUT2D eigenvalue weighted by molar-refractivity contribution is 0.0603. The van der Waals surface area contributed by atoms with Gasteiger partial charge in [-0.1, -0.05) is 20.8 Å². The Morgan fingerprint density at radius 3 is 2.60 bits per heavy atom. The minimum Gasteiger partial charge on any atom is -0.468 e. The molecule has 0 aliphatic heterocycles. The van der Waals surface area contributed by atoms with Gasteiger partial charge in [-0.15, -0.1) is 0 Å². The maximum Gasteiger partial charge on any atom is 0.120 e. The van der Waals surface area contributed by atoms with Crippen molar-refractivity contribution in [1.82, 2.24) is 5.32 Å². The largest absolute Gasteiger partial charge is 0.468 e. The molecule has 86 valence electrons. The summed E-state index contributed by atoms with van der Waals surface area (Å²) in [5.74, 6) is 0.899. The van der Waals surface area contributed by atoms with Gasteiger partial charge in [-0.25, -0.2) is 0 Å². The van der Waals surface area contributed by atoms with Crippen LogP contribution in [0.4, 0.5) is 0 Å². The monoisotopic (exact) mass is 211 g/mol. The van der Waals surface area contributed by atoms with E-state index in [1.165, 1.54) is 0 Å². The van der Waals surface area contributed by atoms with Crippen molar-refractivity contribution in [2.24, 2.45) is 5.41 Å². The van der Waals surface area contributed by atoms with Crippen LogP contribution < -0.4 is 5.32 Å². The molecule has 0 fully saturated rings. The van der Waals surface area contributed by atoms with Gasteiger partial charge < -0.3 is 14.8 Å². The maximum atomic E-state index is 9.84. The Kier molecular flexibility index (Phi) is 3.94. The summed E-state index contributed by atoms with van der Waals surface area (Å²) in [6.07, 6.45) is 1.31. The topological polar surface area (TPSA) is 45.4 Å². The Balaban J connectivity index is 2.38. The van der Waals surface area contributed by atoms with Gasteiger partial charge in [0.25, 0.3) is 0 Å². The number of aliphatic hydroxyl groups excluding tert-OH is 1. The van der Waals surface area contributed by atoms with Crippen molar-refractivity contribution in [3.05, 3.63) is 24.2 Å². The van der Waals surface area contributed by atoms with Crippen molar-refractivity contribution >= 4 is 0 Å². The first-order valence-corrected chi connectivity index (χ1v) is 5.36. The number of furan rings is 1. The van der Waals surface area contributed by atoms with Gasteiger partial charge in [0.1, 0.15) is 5.76 Å². The van der Waals surface area contributed by atoms with Crippen molar-refractivity contribution in [1.29, 1.82) is 0 Å². The van der Waals surface area contributed by atoms with Crippen molar-refractivity contribution < 1.29 is 9.52 Å². The Labute approximate surface area is 91.5 Å². The van der Waals surface area contributed by atoms with E-state index in [1.54, 1.807) is 6.26 Å². The molecule has 15 heavy (non-hydrogen) atoms. The zero-order chi connectivity index (χ0) is 11.5. The van der Waals surface area contributed by atoms with Gasteiger partial charge in [-0.2, -0.15) is 0 Å². The molecule has 1 rings (SSSR count). The molecular formula is C12H21NO2. The van der Waals surface area contributed by atoms with E-state index in [-0.39, 0.29) is 17.6 Å². The Bertz CT molecular complexity index is 274. The number of hydrogen-bond acceptors (Lipinski definition) is 3. The molecule has 0 aliphatic carbocycles. The molecule has 3 nitrogen and oxygen atoms in total. The highest BCUT2D eigenvalue weighted by molar-refractivity contribution is 5.03. The lowest BCUT2D eigenvalue weighted by Crippen LogP contribution is -2.37. The molecule has 2 N–H and O–H groups in total. The van der Waals surface area contributed by atoms with Crippen LogP contribution in [0.25, 0.3) is 0 Å². The fourth-order valence-corrected chi connectivity index (χ4v) is 1.23. The van der Waals surface area contributed by atoms with Crippen molar-refractivity contribution in [2.45, 2.75) is 39.8 Å². The quantitative estimate of drug-likeness (QED) is 0.803. The van der Waals surface area contributed by atoms with Gasteiger partial charge in [-0.05, 0) is 24.5 Å². The van der Waals surface area contributed by atoms with E-state index in [0.717, 1.165) is 5.76 Å². The summed E-state index contributed by atoms with van der Waals surface area (Å²) in [5, 5.41) is 13.1. The summed E-state index contributed by atoms with van der Waals surface area (Å²) in [6.45, 7) is 8.67. The number of nitrogens with one attached hydrogen (secondary N) is 1. The summed E-state index contributed by atoms with van der Waals surface area (Å²) in [6, 6.07) is 3.94. The highest BCUT2D eigenvalue weighted by Crippen LogP contribution is 2.19. The van der Waals surface area contributed by atoms with Gasteiger partial charge in [-0.3, -0.25) is 0 Å². The van der Waals surface area contributed by atoms with E-state index in [4.69, 9.17) is 4.42 Å². The third-order valence-electron chi connectivity index (χ3n) is 2.59. The van der Waals surface area contributed by atoms with Crippen LogP contribution in [0.2, 0.25) is 0 Å². The third kappa shape index (κ3) is 3.68. The van der Waals surface area contributed by atoms with E-state index in [1.807, 2.05) is 39.8 Å². The zero-order valence-electron chi connectivity index (χ0n) is 9.95. The van der Waals surface area contributed by atoms with E-state index in [0.29, 0.717) is 6.54 Å². The first kappa shape index (κ1) is 12.3. The fourth-order valence-electron chi connectivity index (χ4n) is 1.23. The van der Waals surface area contributed by atoms with Gasteiger partial charge in [0.05, 0.1) is 18.4 Å². The molecule has 0 amide bonds. The average molecular weight is 211 g/mol. The predicted octanol–water partition coefficient (Wildman–Crippen LogP) is 2.34. The molecule has 3 heteroatoms. The molecule has 0 aromatic carbocycles. The van der Waals surface area contributed by atoms with Crippen molar-refractivity contribution in [2.75, 3.05) is 6.54 Å². The van der Waals surface area contributed by atoms with E-state index in [9.17, 15) is 5.11 Å². The Morgan fingerprint density at radius 2 is 2.13 bits per heavy atom. The maximum absolute atomic E-state index is 9.84. The number of hydrogen-bond donors (Lipinski definition) is 2. The van der Waals surface area contributed by atoms with Crippen LogP contribution in [0.3, 0.4) is 0 Å². The second-order valence-corrected chi connectivity index (χ2v) is 5.03. The van der Waals surface area contributed by atoms with Crippen molar-refractivity contribution in [3.8, 4) is 0 Å². The summed E-state index contributed by atoms with van der Waals surface area (Å²) in [7, 11) is 0. The normalized spacial score (nSPS) is 16.3. The smallest absolute Gasteiger partial charge is 0.120 e. The van der Waals surface area contributed by atoms with Crippen LogP contribution in [0.15, 0.2) is 22.8 Å². The Morgan fingerprint density at radius 1 is 1.47 bits per heavy atom. The van der Waals surface area contributed by atoms with Crippen LogP contribution in [0.1, 0.15) is 39.5 Å². The first-order valence-electron chi connectivity index (χ1n) is 5.36. The van der Waals surface area contributed by atoms with Gasteiger partial charge >= 0.3 is 0 Å². The molecule has 0 saturated heterocycles. The standard InChI is InChI=1S/C12H21NO2/c1-9(10-6-5-7-15-10)13-8-11(14)12(2,3)4/h5-7,9,11,13-14H,8H2,1-4H3. The fraction of sp³-hybridized carbons (Fsp3) is 0.667. The highest BCUT2D eigenvalue weighted by Gasteiger charge is 2.22. The number of rotatable bonds is 4. The van der Waals surface area contributed by atoms with Crippen LogP contribution in [-0.4, -0.2) is 17.8 Å². The SMILES string of the molecule is CC(NCC(O)C(C)(C)C)c1ccco1. The zero-order valence-corrected chi connectivity index (χ0v) is 9.95. The summed E-state index contributed by atoms with van der Waals surface area (Å²) < 4.78 is 5.27. The molecule has 1 aromatic heterocycles. The molecule has 0 aliphatic rings. The highest BCUT2D eigenvalue weighted by atomic mass is 16.3. The molecule has 0 saturated carbocycles. The molecular weight excluding hydrogens is 190 g/mol. The molecule has 0 radical (unpaired) electrons. The molecule has 2 unspecified atom stereocenters. The predicted molar refractivity (Wildman–Crippen MR) is 60.6 cm³/mol. The second-order valence-electron chi connectivity index (χ2n) is 5.03. The lowest BCUT2D eigenvalue weighted by atomic mass is 9.89. The third-order valence-corrected chi connectivity index (χ3v) is 2.59. The first-order chi connectivity index (χ1) is 6.91. The van der Waals surface area contributed by atoms with Crippen molar-refractivity contribution in [3.63, 3.8) is 0 Å². The lowest BCUT2D eigenvalue weighted by Gasteiger charge is -2.27. The summed E-state index contributed by atoms with van der Waals surface area (Å²) >= 11 is 0. The van der Waals surface area contributed by atoms with Gasteiger partial charge in [0.2, 0.25) is 0 Å². The average Bonchev–Trinajstić information content (AvgIpc) is 2.64. The second kappa shape index (κ2) is 4.81. The molecule has 1 aromatic rings. The minimum absolute atomic E-state index is 0.0874. The van der Waals surface area contributed by atoms with E-state index < -0.39 is 0 Å². The van der Waals surface area contributed by atoms with Crippen LogP contribution >= 0.6 is 0 Å². The van der Waals surface area contributed by atoms with Crippen LogP contribution in [0, 0.1) is 5.41 Å². The summed E-state index contributed by atoms with van der Waals surface area (Å²) in [5.41, 5.74) is -0.0874. The van der Waals surface area contributed by atoms with Gasteiger partial charge in [0.15, 0.2) is 0 Å². The van der Waals surface area contributed by atoms with E-state index >= 15 is 0 Å². The van der Waals surface area contributed by atoms with Crippen LogP contribution in [-0.2, 0) is 0 Å². The molecule has 1 heterocycles. The Hall–Kier alpha value is -0.800. The van der Waals surface area contributed by atoms with Gasteiger partial charge in [0, 0.05) is 6.54 Å². The molecule has 2 atom stereocenters. The molecule has 0 spiro atoms. The van der Waals surface area contributed by atoms with Crippen LogP contribution in [0.5, 0.6) is 0 Å².